The minimum atomic E-state index is -4.30. The van der Waals surface area contributed by atoms with Gasteiger partial charge in [-0.05, 0) is 56.2 Å². The summed E-state index contributed by atoms with van der Waals surface area (Å²) in [6.07, 6.45) is 0. The standard InChI is InChI=1S/C23H23FN2O3S/c1-16-13-17(2)23(18(3)14-16)25-22(27)15-26(19-9-5-4-6-10-19)30(28,29)21-12-8-7-11-20(21)24/h4-14H,15H2,1-3H3,(H,25,27). The molecule has 0 saturated carbocycles. The maximum Gasteiger partial charge on any atom is 0.267 e. The molecule has 3 aromatic rings. The molecule has 3 aromatic carbocycles. The highest BCUT2D eigenvalue weighted by molar-refractivity contribution is 7.92. The number of aryl methyl sites for hydroxylation is 3. The first-order chi connectivity index (χ1) is 14.2. The first kappa shape index (κ1) is 21.5. The Morgan fingerprint density at radius 3 is 2.10 bits per heavy atom. The Morgan fingerprint density at radius 1 is 0.933 bits per heavy atom. The maximum atomic E-state index is 14.3. The van der Waals surface area contributed by atoms with Gasteiger partial charge in [0.25, 0.3) is 10.0 Å². The van der Waals surface area contributed by atoms with E-state index in [0.29, 0.717) is 5.69 Å². The number of benzene rings is 3. The molecule has 0 aliphatic carbocycles. The van der Waals surface area contributed by atoms with Crippen molar-refractivity contribution in [2.24, 2.45) is 0 Å². The normalized spacial score (nSPS) is 11.2. The maximum absolute atomic E-state index is 14.3. The molecule has 1 N–H and O–H groups in total. The van der Waals surface area contributed by atoms with Gasteiger partial charge in [0, 0.05) is 5.69 Å². The van der Waals surface area contributed by atoms with Crippen molar-refractivity contribution in [1.82, 2.24) is 0 Å². The number of halogens is 1. The van der Waals surface area contributed by atoms with Crippen molar-refractivity contribution in [2.45, 2.75) is 25.7 Å². The zero-order valence-electron chi connectivity index (χ0n) is 17.0. The molecule has 0 aliphatic heterocycles. The van der Waals surface area contributed by atoms with E-state index in [1.165, 1.54) is 18.2 Å². The van der Waals surface area contributed by atoms with Crippen LogP contribution in [0.4, 0.5) is 15.8 Å². The van der Waals surface area contributed by atoms with Gasteiger partial charge in [-0.25, -0.2) is 12.8 Å². The van der Waals surface area contributed by atoms with Crippen molar-refractivity contribution < 1.29 is 17.6 Å². The van der Waals surface area contributed by atoms with Crippen LogP contribution in [-0.2, 0) is 14.8 Å². The van der Waals surface area contributed by atoms with E-state index in [1.54, 1.807) is 30.3 Å². The van der Waals surface area contributed by atoms with Crippen LogP contribution in [0.1, 0.15) is 16.7 Å². The van der Waals surface area contributed by atoms with E-state index in [9.17, 15) is 17.6 Å². The van der Waals surface area contributed by atoms with Gasteiger partial charge in [-0.15, -0.1) is 0 Å². The first-order valence-electron chi connectivity index (χ1n) is 9.40. The molecule has 0 aliphatic rings. The SMILES string of the molecule is Cc1cc(C)c(NC(=O)CN(c2ccccc2)S(=O)(=O)c2ccccc2F)c(C)c1. The van der Waals surface area contributed by atoms with Gasteiger partial charge in [0.2, 0.25) is 5.91 Å². The molecule has 0 saturated heterocycles. The summed E-state index contributed by atoms with van der Waals surface area (Å²) < 4.78 is 41.7. The number of hydrogen-bond donors (Lipinski definition) is 1. The second-order valence-corrected chi connectivity index (χ2v) is 8.93. The summed E-state index contributed by atoms with van der Waals surface area (Å²) in [5, 5.41) is 2.81. The summed E-state index contributed by atoms with van der Waals surface area (Å²) in [6, 6.07) is 17.2. The van der Waals surface area contributed by atoms with Crippen molar-refractivity contribution in [2.75, 3.05) is 16.2 Å². The van der Waals surface area contributed by atoms with Crippen LogP contribution in [0.25, 0.3) is 0 Å². The predicted octanol–water partition coefficient (Wildman–Crippen LogP) is 4.58. The molecule has 5 nitrogen and oxygen atoms in total. The Labute approximate surface area is 176 Å². The molecule has 156 valence electrons. The van der Waals surface area contributed by atoms with Gasteiger partial charge in [-0.1, -0.05) is 48.0 Å². The van der Waals surface area contributed by atoms with Gasteiger partial charge in [-0.3, -0.25) is 9.10 Å². The summed E-state index contributed by atoms with van der Waals surface area (Å²) in [5.74, 6) is -1.39. The minimum absolute atomic E-state index is 0.272. The van der Waals surface area contributed by atoms with Crippen LogP contribution in [0, 0.1) is 26.6 Å². The molecule has 30 heavy (non-hydrogen) atoms. The van der Waals surface area contributed by atoms with E-state index in [0.717, 1.165) is 27.1 Å². The van der Waals surface area contributed by atoms with Gasteiger partial charge < -0.3 is 5.32 Å². The first-order valence-corrected chi connectivity index (χ1v) is 10.8. The van der Waals surface area contributed by atoms with Gasteiger partial charge in [-0.2, -0.15) is 0 Å². The van der Waals surface area contributed by atoms with E-state index in [-0.39, 0.29) is 5.69 Å². The molecule has 0 radical (unpaired) electrons. The van der Waals surface area contributed by atoms with E-state index < -0.39 is 33.2 Å². The number of hydrogen-bond acceptors (Lipinski definition) is 3. The van der Waals surface area contributed by atoms with E-state index in [2.05, 4.69) is 5.32 Å². The van der Waals surface area contributed by atoms with Crippen LogP contribution in [0.5, 0.6) is 0 Å². The highest BCUT2D eigenvalue weighted by Gasteiger charge is 2.29. The largest absolute Gasteiger partial charge is 0.324 e. The number of anilines is 2. The molecule has 7 heteroatoms. The molecule has 0 fully saturated rings. The Hall–Kier alpha value is -3.19. The van der Waals surface area contributed by atoms with Crippen LogP contribution in [0.3, 0.4) is 0 Å². The topological polar surface area (TPSA) is 66.5 Å². The number of carbonyl (C=O) groups excluding carboxylic acids is 1. The van der Waals surface area contributed by atoms with Crippen LogP contribution in [0.2, 0.25) is 0 Å². The van der Waals surface area contributed by atoms with E-state index in [1.807, 2.05) is 32.9 Å². The lowest BCUT2D eigenvalue weighted by atomic mass is 10.1. The fraction of sp³-hybridized carbons (Fsp3) is 0.174. The van der Waals surface area contributed by atoms with Crippen LogP contribution in [-0.4, -0.2) is 20.9 Å². The quantitative estimate of drug-likeness (QED) is 0.627. The van der Waals surface area contributed by atoms with Gasteiger partial charge in [0.1, 0.15) is 17.3 Å². The Bertz CT molecular complexity index is 1160. The molecule has 0 unspecified atom stereocenters. The molecule has 0 spiro atoms. The average molecular weight is 427 g/mol. The lowest BCUT2D eigenvalue weighted by molar-refractivity contribution is -0.114. The van der Waals surface area contributed by atoms with Crippen molar-refractivity contribution in [3.05, 3.63) is 89.2 Å². The van der Waals surface area contributed by atoms with Crippen molar-refractivity contribution in [1.29, 1.82) is 0 Å². The third kappa shape index (κ3) is 4.52. The monoisotopic (exact) mass is 426 g/mol. The van der Waals surface area contributed by atoms with Crippen molar-refractivity contribution >= 4 is 27.3 Å². The average Bonchev–Trinajstić information content (AvgIpc) is 2.69. The third-order valence-electron chi connectivity index (χ3n) is 4.68. The molecular weight excluding hydrogens is 403 g/mol. The summed E-state index contributed by atoms with van der Waals surface area (Å²) in [6.45, 7) is 5.22. The molecule has 0 aromatic heterocycles. The number of sulfonamides is 1. The van der Waals surface area contributed by atoms with Gasteiger partial charge in [0.05, 0.1) is 5.69 Å². The molecule has 1 amide bonds. The predicted molar refractivity (Wildman–Crippen MR) is 117 cm³/mol. The highest BCUT2D eigenvalue weighted by Crippen LogP contribution is 2.26. The lowest BCUT2D eigenvalue weighted by Gasteiger charge is -2.24. The number of nitrogens with one attached hydrogen (secondary N) is 1. The summed E-state index contributed by atoms with van der Waals surface area (Å²) in [7, 11) is -4.30. The number of para-hydroxylation sites is 1. The summed E-state index contributed by atoms with van der Waals surface area (Å²) in [5.41, 5.74) is 3.74. The fourth-order valence-corrected chi connectivity index (χ4v) is 4.86. The number of carbonyl (C=O) groups is 1. The van der Waals surface area contributed by atoms with E-state index >= 15 is 0 Å². The Morgan fingerprint density at radius 2 is 1.50 bits per heavy atom. The molecule has 0 atom stereocenters. The molecule has 3 rings (SSSR count). The Kier molecular flexibility index (Phi) is 6.22. The fourth-order valence-electron chi connectivity index (χ4n) is 3.37. The highest BCUT2D eigenvalue weighted by atomic mass is 32.2. The second-order valence-electron chi connectivity index (χ2n) is 7.10. The van der Waals surface area contributed by atoms with E-state index in [4.69, 9.17) is 0 Å². The van der Waals surface area contributed by atoms with Gasteiger partial charge in [0.15, 0.2) is 0 Å². The zero-order chi connectivity index (χ0) is 21.9. The number of rotatable bonds is 6. The second kappa shape index (κ2) is 8.67. The third-order valence-corrected chi connectivity index (χ3v) is 6.48. The summed E-state index contributed by atoms with van der Waals surface area (Å²) in [4.78, 5) is 12.4. The van der Waals surface area contributed by atoms with Crippen molar-refractivity contribution in [3.8, 4) is 0 Å². The van der Waals surface area contributed by atoms with Crippen LogP contribution in [0.15, 0.2) is 71.6 Å². The van der Waals surface area contributed by atoms with Crippen molar-refractivity contribution in [3.63, 3.8) is 0 Å². The molecule has 0 heterocycles. The van der Waals surface area contributed by atoms with Gasteiger partial charge >= 0.3 is 0 Å². The zero-order valence-corrected chi connectivity index (χ0v) is 17.8. The number of nitrogens with zero attached hydrogens (tertiary/aromatic N) is 1. The number of amides is 1. The summed E-state index contributed by atoms with van der Waals surface area (Å²) >= 11 is 0. The van der Waals surface area contributed by atoms with Crippen LogP contribution >= 0.6 is 0 Å². The lowest BCUT2D eigenvalue weighted by Crippen LogP contribution is -2.38. The van der Waals surface area contributed by atoms with Crippen LogP contribution < -0.4 is 9.62 Å². The molecular formula is C23H23FN2O3S. The molecule has 0 bridgehead atoms. The smallest absolute Gasteiger partial charge is 0.267 e. The minimum Gasteiger partial charge on any atom is -0.324 e. The Balaban J connectivity index is 1.97.